The zero-order valence-corrected chi connectivity index (χ0v) is 21.5. The fraction of sp³-hybridized carbons (Fsp3) is 0.615. The van der Waals surface area contributed by atoms with E-state index in [9.17, 15) is 9.59 Å². The highest BCUT2D eigenvalue weighted by molar-refractivity contribution is 7.09. The van der Waals surface area contributed by atoms with Crippen molar-refractivity contribution in [1.82, 2.24) is 19.8 Å². The van der Waals surface area contributed by atoms with Crippen LogP contribution < -0.4 is 4.90 Å². The first kappa shape index (κ1) is 23.3. The molecule has 3 aliphatic rings. The van der Waals surface area contributed by atoms with E-state index in [2.05, 4.69) is 42.5 Å². The van der Waals surface area contributed by atoms with E-state index in [-0.39, 0.29) is 22.7 Å². The molecule has 34 heavy (non-hydrogen) atoms. The molecule has 2 aromatic heterocycles. The smallest absolute Gasteiger partial charge is 0.273 e. The molecule has 7 nitrogen and oxygen atoms in total. The lowest BCUT2D eigenvalue weighted by Gasteiger charge is -2.35. The Morgan fingerprint density at radius 1 is 0.941 bits per heavy atom. The van der Waals surface area contributed by atoms with Crippen LogP contribution in [0.1, 0.15) is 62.0 Å². The normalized spacial score (nSPS) is 22.6. The Kier molecular flexibility index (Phi) is 5.91. The molecule has 2 amide bonds. The predicted molar refractivity (Wildman–Crippen MR) is 134 cm³/mol. The van der Waals surface area contributed by atoms with Crippen LogP contribution in [0.5, 0.6) is 0 Å². The molecule has 1 aliphatic carbocycles. The summed E-state index contributed by atoms with van der Waals surface area (Å²) in [5.74, 6) is 1.75. The van der Waals surface area contributed by atoms with Crippen LogP contribution in [-0.4, -0.2) is 70.9 Å². The molecule has 0 unspecified atom stereocenters. The molecule has 8 heteroatoms. The van der Waals surface area contributed by atoms with E-state index in [1.54, 1.807) is 17.5 Å². The highest BCUT2D eigenvalue weighted by atomic mass is 32.1. The van der Waals surface area contributed by atoms with Crippen molar-refractivity contribution < 1.29 is 9.59 Å². The van der Waals surface area contributed by atoms with Crippen molar-refractivity contribution in [3.63, 3.8) is 0 Å². The average Bonchev–Trinajstić information content (AvgIpc) is 3.17. The maximum atomic E-state index is 13.1. The van der Waals surface area contributed by atoms with Crippen LogP contribution in [0.3, 0.4) is 0 Å². The second kappa shape index (κ2) is 8.63. The first-order valence-electron chi connectivity index (χ1n) is 12.4. The molecule has 2 saturated heterocycles. The fourth-order valence-electron chi connectivity index (χ4n) is 5.76. The Labute approximate surface area is 206 Å². The summed E-state index contributed by atoms with van der Waals surface area (Å²) in [6.07, 6.45) is 3.64. The van der Waals surface area contributed by atoms with Gasteiger partial charge in [-0.25, -0.2) is 9.97 Å². The molecule has 0 bridgehead atoms. The minimum Gasteiger partial charge on any atom is -0.353 e. The van der Waals surface area contributed by atoms with Crippen molar-refractivity contribution in [2.24, 2.45) is 16.7 Å². The number of carbonyl (C=O) groups is 2. The van der Waals surface area contributed by atoms with Crippen LogP contribution in [0.15, 0.2) is 29.8 Å². The van der Waals surface area contributed by atoms with Crippen molar-refractivity contribution in [1.29, 1.82) is 0 Å². The third-order valence-corrected chi connectivity index (χ3v) is 9.71. The van der Waals surface area contributed by atoms with Crippen LogP contribution >= 0.6 is 11.3 Å². The van der Waals surface area contributed by atoms with Gasteiger partial charge in [0.1, 0.15) is 11.5 Å². The Morgan fingerprint density at radius 3 is 2.21 bits per heavy atom. The summed E-state index contributed by atoms with van der Waals surface area (Å²) in [6, 6.07) is 5.92. The molecule has 0 atom stereocenters. The maximum Gasteiger partial charge on any atom is 0.273 e. The number of amides is 2. The number of nitrogens with zero attached hydrogens (tertiary/aromatic N) is 5. The lowest BCUT2D eigenvalue weighted by molar-refractivity contribution is -0.134. The highest BCUT2D eigenvalue weighted by Crippen LogP contribution is 2.68. The van der Waals surface area contributed by atoms with Gasteiger partial charge in [0.05, 0.1) is 5.01 Å². The van der Waals surface area contributed by atoms with Crippen LogP contribution in [0.2, 0.25) is 0 Å². The van der Waals surface area contributed by atoms with Crippen LogP contribution in [-0.2, 0) is 4.79 Å². The van der Waals surface area contributed by atoms with Gasteiger partial charge in [-0.3, -0.25) is 9.59 Å². The maximum absolute atomic E-state index is 13.1. The van der Waals surface area contributed by atoms with Gasteiger partial charge in [0, 0.05) is 62.7 Å². The lowest BCUT2D eigenvalue weighted by atomic mass is 9.96. The Hall–Kier alpha value is -2.48. The van der Waals surface area contributed by atoms with Crippen LogP contribution in [0.25, 0.3) is 0 Å². The number of hydrogen-bond donors (Lipinski definition) is 0. The molecular formula is C26H35N5O2S. The molecule has 1 saturated carbocycles. The fourth-order valence-corrected chi connectivity index (χ4v) is 6.72. The minimum absolute atomic E-state index is 0.0222. The molecule has 5 rings (SSSR count). The predicted octanol–water partition coefficient (Wildman–Crippen LogP) is 3.89. The molecule has 0 radical (unpaired) electrons. The summed E-state index contributed by atoms with van der Waals surface area (Å²) in [4.78, 5) is 41.5. The van der Waals surface area contributed by atoms with E-state index < -0.39 is 0 Å². The number of likely N-dealkylation sites (tertiary alicyclic amines) is 1. The second-order valence-corrected chi connectivity index (χ2v) is 11.9. The molecule has 0 N–H and O–H groups in total. The van der Waals surface area contributed by atoms with Gasteiger partial charge in [0.2, 0.25) is 5.91 Å². The first-order chi connectivity index (χ1) is 16.2. The zero-order valence-electron chi connectivity index (χ0n) is 20.7. The third-order valence-electron chi connectivity index (χ3n) is 8.70. The van der Waals surface area contributed by atoms with Crippen molar-refractivity contribution in [3.05, 3.63) is 40.5 Å². The summed E-state index contributed by atoms with van der Waals surface area (Å²) in [5.41, 5.74) is 0.717. The summed E-state index contributed by atoms with van der Waals surface area (Å²) in [6.45, 7) is 13.3. The van der Waals surface area contributed by atoms with Gasteiger partial charge in [-0.05, 0) is 35.8 Å². The van der Waals surface area contributed by atoms with E-state index in [1.807, 2.05) is 28.5 Å². The summed E-state index contributed by atoms with van der Waals surface area (Å²) >= 11 is 1.59. The van der Waals surface area contributed by atoms with Crippen LogP contribution in [0, 0.1) is 16.7 Å². The van der Waals surface area contributed by atoms with E-state index in [0.717, 1.165) is 49.8 Å². The Balaban J connectivity index is 1.14. The molecule has 2 aliphatic heterocycles. The Morgan fingerprint density at radius 2 is 1.62 bits per heavy atom. The number of pyridine rings is 1. The van der Waals surface area contributed by atoms with Crippen molar-refractivity contribution >= 4 is 29.0 Å². The standard InChI is InChI=1S/C26H35N5O2S/c1-25(2)21(26(25,3)4)24(33)30-11-8-18(9-12-30)22-28-19(17-34-22)23(32)31-15-13-29(14-16-31)20-7-5-6-10-27-20/h5-7,10,17-18,21H,8-9,11-16H2,1-4H3. The molecule has 2 aromatic rings. The van der Waals surface area contributed by atoms with Crippen molar-refractivity contribution in [2.75, 3.05) is 44.2 Å². The molecule has 4 heterocycles. The number of piperidine rings is 1. The van der Waals surface area contributed by atoms with Gasteiger partial charge in [-0.1, -0.05) is 33.8 Å². The minimum atomic E-state index is 0.0222. The third kappa shape index (κ3) is 4.00. The number of hydrogen-bond acceptors (Lipinski definition) is 6. The lowest BCUT2D eigenvalue weighted by Crippen LogP contribution is -2.49. The number of rotatable bonds is 4. The van der Waals surface area contributed by atoms with E-state index in [0.29, 0.717) is 30.6 Å². The van der Waals surface area contributed by atoms with E-state index in [4.69, 9.17) is 4.98 Å². The van der Waals surface area contributed by atoms with Crippen molar-refractivity contribution in [3.8, 4) is 0 Å². The quantitative estimate of drug-likeness (QED) is 0.663. The van der Waals surface area contributed by atoms with Gasteiger partial charge in [0.15, 0.2) is 0 Å². The number of carbonyl (C=O) groups excluding carboxylic acids is 2. The number of thiazole rings is 1. The topological polar surface area (TPSA) is 69.6 Å². The monoisotopic (exact) mass is 481 g/mol. The number of anilines is 1. The van der Waals surface area contributed by atoms with Crippen molar-refractivity contribution in [2.45, 2.75) is 46.5 Å². The SMILES string of the molecule is CC1(C)C(C(=O)N2CCC(c3nc(C(=O)N4CCN(c5ccccn5)CC4)cs3)CC2)C1(C)C. The highest BCUT2D eigenvalue weighted by Gasteiger charge is 2.68. The van der Waals surface area contributed by atoms with Crippen LogP contribution in [0.4, 0.5) is 5.82 Å². The largest absolute Gasteiger partial charge is 0.353 e. The molecule has 0 spiro atoms. The Bertz CT molecular complexity index is 1040. The van der Waals surface area contributed by atoms with Gasteiger partial charge >= 0.3 is 0 Å². The van der Waals surface area contributed by atoms with E-state index >= 15 is 0 Å². The molecule has 0 aromatic carbocycles. The molecule has 3 fully saturated rings. The van der Waals surface area contributed by atoms with Gasteiger partial charge in [-0.15, -0.1) is 11.3 Å². The van der Waals surface area contributed by atoms with E-state index in [1.165, 1.54) is 0 Å². The van der Waals surface area contributed by atoms with Gasteiger partial charge in [0.25, 0.3) is 5.91 Å². The first-order valence-corrected chi connectivity index (χ1v) is 13.3. The summed E-state index contributed by atoms with van der Waals surface area (Å²) < 4.78 is 0. The number of piperazine rings is 1. The zero-order chi connectivity index (χ0) is 24.1. The summed E-state index contributed by atoms with van der Waals surface area (Å²) in [5, 5.41) is 2.95. The second-order valence-electron chi connectivity index (χ2n) is 11.0. The number of aromatic nitrogens is 2. The van der Waals surface area contributed by atoms with Gasteiger partial charge in [-0.2, -0.15) is 0 Å². The molecule has 182 valence electrons. The summed E-state index contributed by atoms with van der Waals surface area (Å²) in [7, 11) is 0. The average molecular weight is 482 g/mol. The van der Waals surface area contributed by atoms with Gasteiger partial charge < -0.3 is 14.7 Å². The molecular weight excluding hydrogens is 446 g/mol.